The third kappa shape index (κ3) is 3.63. The molecule has 1 aromatic heterocycles. The Hall–Kier alpha value is -2.77. The predicted octanol–water partition coefficient (Wildman–Crippen LogP) is 3.83. The van der Waals surface area contributed by atoms with Crippen molar-refractivity contribution < 1.29 is 10.6 Å². The van der Waals surface area contributed by atoms with Crippen molar-refractivity contribution in [2.75, 3.05) is 31.6 Å². The zero-order valence-electron chi connectivity index (χ0n) is 16.4. The monoisotopic (exact) mass is 395 g/mol. The maximum absolute atomic E-state index is 15.8. The number of hydrogen-bond acceptors (Lipinski definition) is 5. The lowest BCUT2D eigenvalue weighted by molar-refractivity contribution is -0.0614. The molecule has 0 spiro atoms. The Labute approximate surface area is 170 Å². The minimum Gasteiger partial charge on any atom is -0.378 e. The zero-order chi connectivity index (χ0) is 19.8. The number of aryl methyl sites for hydroxylation is 1. The average molecular weight is 395 g/mol. The van der Waals surface area contributed by atoms with Gasteiger partial charge in [0.1, 0.15) is 12.0 Å². The van der Waals surface area contributed by atoms with Crippen LogP contribution in [0.1, 0.15) is 19.0 Å². The van der Waals surface area contributed by atoms with Gasteiger partial charge in [0.2, 0.25) is 5.95 Å². The Morgan fingerprint density at radius 1 is 1.21 bits per heavy atom. The van der Waals surface area contributed by atoms with Crippen LogP contribution in [0, 0.1) is 6.92 Å². The maximum Gasteiger partial charge on any atom is 0.246 e. The van der Waals surface area contributed by atoms with E-state index in [1.54, 1.807) is 11.0 Å². The van der Waals surface area contributed by atoms with E-state index in [1.807, 2.05) is 55.5 Å². The summed E-state index contributed by atoms with van der Waals surface area (Å²) in [6.07, 6.45) is 2.17. The number of nitrogens with one attached hydrogen (secondary N) is 1. The molecule has 0 saturated carbocycles. The predicted molar refractivity (Wildman–Crippen MR) is 112 cm³/mol. The summed E-state index contributed by atoms with van der Waals surface area (Å²) in [5, 5.41) is 7.71. The quantitative estimate of drug-likeness (QED) is 0.712. The molecular weight excluding hydrogens is 369 g/mol. The third-order valence-electron chi connectivity index (χ3n) is 5.75. The standard InChI is InChI=1S/C22H24FN5O.H2/c1-16-9-17(22(23)7-8-27(14-22)20-12-29-13-20)11-18(10-16)25-21-24-15-28(26-21)19-5-3-2-4-6-19;/h2-6,9-11,15,20H,7-8,12-14H2,1H3,(H,25,26);1H. The number of benzene rings is 2. The fourth-order valence-corrected chi connectivity index (χ4v) is 4.05. The van der Waals surface area contributed by atoms with Crippen molar-refractivity contribution >= 4 is 11.6 Å². The Morgan fingerprint density at radius 2 is 2.03 bits per heavy atom. The summed E-state index contributed by atoms with van der Waals surface area (Å²) in [6.45, 7) is 4.61. The molecule has 0 radical (unpaired) electrons. The molecule has 3 heterocycles. The molecule has 2 saturated heterocycles. The first kappa shape index (κ1) is 18.3. The molecule has 152 valence electrons. The van der Waals surface area contributed by atoms with Crippen LogP contribution in [0.25, 0.3) is 5.69 Å². The van der Waals surface area contributed by atoms with Crippen molar-refractivity contribution in [1.82, 2.24) is 19.7 Å². The van der Waals surface area contributed by atoms with Crippen LogP contribution in [0.2, 0.25) is 0 Å². The van der Waals surface area contributed by atoms with E-state index in [1.165, 1.54) is 0 Å². The van der Waals surface area contributed by atoms with Gasteiger partial charge in [0.25, 0.3) is 0 Å². The van der Waals surface area contributed by atoms with Gasteiger partial charge < -0.3 is 10.1 Å². The number of ether oxygens (including phenoxy) is 1. The van der Waals surface area contributed by atoms with Gasteiger partial charge in [-0.15, -0.1) is 5.10 Å². The van der Waals surface area contributed by atoms with E-state index in [-0.39, 0.29) is 1.43 Å². The molecule has 29 heavy (non-hydrogen) atoms. The van der Waals surface area contributed by atoms with Crippen molar-refractivity contribution in [3.63, 3.8) is 0 Å². The summed E-state index contributed by atoms with van der Waals surface area (Å²) in [4.78, 5) is 6.55. The second-order valence-corrected chi connectivity index (χ2v) is 7.94. The highest BCUT2D eigenvalue weighted by Gasteiger charge is 2.43. The molecule has 3 aromatic rings. The molecule has 5 rings (SSSR count). The molecule has 6 nitrogen and oxygen atoms in total. The molecule has 1 unspecified atom stereocenters. The van der Waals surface area contributed by atoms with Gasteiger partial charge >= 0.3 is 0 Å². The van der Waals surface area contributed by atoms with Gasteiger partial charge in [-0.25, -0.2) is 9.07 Å². The smallest absolute Gasteiger partial charge is 0.246 e. The van der Waals surface area contributed by atoms with Crippen molar-refractivity contribution in [3.8, 4) is 5.69 Å². The number of nitrogens with zero attached hydrogens (tertiary/aromatic N) is 4. The minimum atomic E-state index is -1.34. The normalized spacial score (nSPS) is 22.6. The largest absolute Gasteiger partial charge is 0.378 e. The summed E-state index contributed by atoms with van der Waals surface area (Å²) < 4.78 is 22.8. The molecule has 2 fully saturated rings. The van der Waals surface area contributed by atoms with Crippen LogP contribution in [0.5, 0.6) is 0 Å². The number of aromatic nitrogens is 3. The Kier molecular flexibility index (Phi) is 4.56. The topological polar surface area (TPSA) is 55.2 Å². The van der Waals surface area contributed by atoms with E-state index in [4.69, 9.17) is 4.74 Å². The molecule has 0 aliphatic carbocycles. The fraction of sp³-hybridized carbons (Fsp3) is 0.364. The second-order valence-electron chi connectivity index (χ2n) is 7.94. The van der Waals surface area contributed by atoms with Gasteiger partial charge in [-0.3, -0.25) is 4.90 Å². The fourth-order valence-electron chi connectivity index (χ4n) is 4.05. The molecule has 2 aliphatic rings. The van der Waals surface area contributed by atoms with E-state index >= 15 is 4.39 Å². The average Bonchev–Trinajstić information content (AvgIpc) is 3.29. The van der Waals surface area contributed by atoms with Crippen LogP contribution in [0.4, 0.5) is 16.0 Å². The molecule has 2 aliphatic heterocycles. The molecular formula is C22H26FN5O. The number of hydrogen-bond donors (Lipinski definition) is 1. The Balaban J connectivity index is 0.00000218. The van der Waals surface area contributed by atoms with Crippen LogP contribution in [-0.4, -0.2) is 52.0 Å². The molecule has 2 aromatic carbocycles. The van der Waals surface area contributed by atoms with Gasteiger partial charge in [-0.05, 0) is 48.7 Å². The van der Waals surface area contributed by atoms with Crippen molar-refractivity contribution in [3.05, 3.63) is 66.0 Å². The van der Waals surface area contributed by atoms with Crippen LogP contribution in [0.15, 0.2) is 54.9 Å². The van der Waals surface area contributed by atoms with Crippen LogP contribution < -0.4 is 5.32 Å². The number of rotatable bonds is 5. The van der Waals surface area contributed by atoms with Crippen molar-refractivity contribution in [2.45, 2.75) is 25.1 Å². The highest BCUT2D eigenvalue weighted by Crippen LogP contribution is 2.39. The van der Waals surface area contributed by atoms with Gasteiger partial charge in [0, 0.05) is 20.2 Å². The summed E-state index contributed by atoms with van der Waals surface area (Å²) >= 11 is 0. The van der Waals surface area contributed by atoms with Gasteiger partial charge in [0.15, 0.2) is 0 Å². The first-order valence-electron chi connectivity index (χ1n) is 9.96. The van der Waals surface area contributed by atoms with Gasteiger partial charge in [-0.1, -0.05) is 24.3 Å². The summed E-state index contributed by atoms with van der Waals surface area (Å²) in [5.74, 6) is 0.484. The molecule has 0 bridgehead atoms. The van der Waals surface area contributed by atoms with E-state index < -0.39 is 5.67 Å². The third-order valence-corrected chi connectivity index (χ3v) is 5.75. The summed E-state index contributed by atoms with van der Waals surface area (Å²) in [5.41, 5.74) is 2.12. The highest BCUT2D eigenvalue weighted by molar-refractivity contribution is 5.57. The number of para-hydroxylation sites is 1. The van der Waals surface area contributed by atoms with E-state index in [0.29, 0.717) is 43.7 Å². The Bertz CT molecular complexity index is 1010. The van der Waals surface area contributed by atoms with Crippen molar-refractivity contribution in [2.24, 2.45) is 0 Å². The highest BCUT2D eigenvalue weighted by atomic mass is 19.1. The van der Waals surface area contributed by atoms with Crippen LogP contribution in [0.3, 0.4) is 0 Å². The second kappa shape index (κ2) is 7.24. The first-order chi connectivity index (χ1) is 14.1. The minimum absolute atomic E-state index is 0. The molecule has 1 atom stereocenters. The van der Waals surface area contributed by atoms with E-state index in [9.17, 15) is 0 Å². The van der Waals surface area contributed by atoms with Crippen LogP contribution in [-0.2, 0) is 10.4 Å². The van der Waals surface area contributed by atoms with E-state index in [0.717, 1.165) is 23.5 Å². The molecule has 0 amide bonds. The summed E-state index contributed by atoms with van der Waals surface area (Å²) in [6, 6.07) is 16.0. The molecule has 1 N–H and O–H groups in total. The summed E-state index contributed by atoms with van der Waals surface area (Å²) in [7, 11) is 0. The maximum atomic E-state index is 15.8. The van der Waals surface area contributed by atoms with Gasteiger partial charge in [0.05, 0.1) is 24.9 Å². The van der Waals surface area contributed by atoms with Gasteiger partial charge in [-0.2, -0.15) is 4.98 Å². The lowest BCUT2D eigenvalue weighted by Gasteiger charge is -2.35. The number of likely N-dealkylation sites (tertiary alicyclic amines) is 1. The number of halogens is 1. The molecule has 7 heteroatoms. The zero-order valence-corrected chi connectivity index (χ0v) is 16.4. The van der Waals surface area contributed by atoms with Crippen LogP contribution >= 0.6 is 0 Å². The number of anilines is 2. The van der Waals surface area contributed by atoms with Crippen molar-refractivity contribution in [1.29, 1.82) is 0 Å². The van der Waals surface area contributed by atoms with E-state index in [2.05, 4.69) is 20.3 Å². The Morgan fingerprint density at radius 3 is 2.79 bits per heavy atom. The lowest BCUT2D eigenvalue weighted by Crippen LogP contribution is -2.48. The first-order valence-corrected chi connectivity index (χ1v) is 9.96. The lowest BCUT2D eigenvalue weighted by atomic mass is 9.93. The SMILES string of the molecule is Cc1cc(Nc2ncn(-c3ccccc3)n2)cc(C2(F)CCN(C3COC3)C2)c1.[HH]. The number of alkyl halides is 1.